The third-order valence-corrected chi connectivity index (χ3v) is 3.29. The first kappa shape index (κ1) is 18.7. The molecule has 0 atom stereocenters. The minimum absolute atomic E-state index is 0.0983. The number of hydrogen-bond acceptors (Lipinski definition) is 5. The van der Waals surface area contributed by atoms with Crippen molar-refractivity contribution in [3.8, 4) is 22.4 Å². The van der Waals surface area contributed by atoms with Gasteiger partial charge in [-0.05, 0) is 11.6 Å². The minimum atomic E-state index is -1.02. The number of carbonyl (C=O) groups excluding carboxylic acids is 1. The Labute approximate surface area is 150 Å². The summed E-state index contributed by atoms with van der Waals surface area (Å²) in [6, 6.07) is 11.1. The van der Waals surface area contributed by atoms with E-state index < -0.39 is 5.97 Å². The molecule has 2 heterocycles. The minimum Gasteiger partial charge on any atom is -0.477 e. The predicted molar refractivity (Wildman–Crippen MR) is 98.4 cm³/mol. The number of aromatic nitrogens is 3. The lowest BCUT2D eigenvalue weighted by Crippen LogP contribution is -2.06. The number of nitrogens with one attached hydrogen (secondary N) is 1. The zero-order valence-electron chi connectivity index (χ0n) is 14.4. The second kappa shape index (κ2) is 8.43. The highest BCUT2D eigenvalue weighted by Gasteiger charge is 2.14. The molecule has 0 fully saturated rings. The van der Waals surface area contributed by atoms with E-state index >= 15 is 0 Å². The molecule has 3 rings (SSSR count). The van der Waals surface area contributed by atoms with Crippen molar-refractivity contribution >= 4 is 18.3 Å². The van der Waals surface area contributed by atoms with Gasteiger partial charge >= 0.3 is 5.97 Å². The molecule has 1 aromatic carbocycles. The van der Waals surface area contributed by atoms with Gasteiger partial charge in [0.25, 0.3) is 0 Å². The third-order valence-electron chi connectivity index (χ3n) is 3.29. The van der Waals surface area contributed by atoms with E-state index in [0.717, 1.165) is 17.5 Å². The summed E-state index contributed by atoms with van der Waals surface area (Å²) < 4.78 is 0. The molecule has 134 valence electrons. The maximum Gasteiger partial charge on any atom is 0.352 e. The summed E-state index contributed by atoms with van der Waals surface area (Å²) in [5, 5.41) is 9.00. The summed E-state index contributed by atoms with van der Waals surface area (Å²) in [4.78, 5) is 32.8. The fourth-order valence-electron chi connectivity index (χ4n) is 2.10. The van der Waals surface area contributed by atoms with Crippen molar-refractivity contribution in [3.05, 3.63) is 54.5 Å². The summed E-state index contributed by atoms with van der Waals surface area (Å²) >= 11 is 0. The van der Waals surface area contributed by atoms with Crippen molar-refractivity contribution in [1.82, 2.24) is 19.9 Å². The summed E-state index contributed by atoms with van der Waals surface area (Å²) in [6.07, 6.45) is 3.98. The van der Waals surface area contributed by atoms with E-state index in [2.05, 4.69) is 15.0 Å². The predicted octanol–water partition coefficient (Wildman–Crippen LogP) is 2.12. The van der Waals surface area contributed by atoms with Gasteiger partial charge < -0.3 is 20.7 Å². The molecule has 0 spiro atoms. The maximum atomic E-state index is 11.0. The van der Waals surface area contributed by atoms with Crippen molar-refractivity contribution in [1.29, 1.82) is 0 Å². The molecule has 8 heteroatoms. The van der Waals surface area contributed by atoms with Crippen molar-refractivity contribution in [2.45, 2.75) is 0 Å². The molecule has 8 nitrogen and oxygen atoms in total. The number of nitrogen functional groups attached to an aromatic ring is 1. The van der Waals surface area contributed by atoms with E-state index in [0.29, 0.717) is 11.3 Å². The fraction of sp³-hybridized carbons (Fsp3) is 0.111. The SMILES string of the molecule is CN(C)C=O.Nc1ncc(-c2ccccc2)c(-c2c[nH]c(C(=O)O)c2)n1. The summed E-state index contributed by atoms with van der Waals surface area (Å²) in [6.45, 7) is 0. The number of carboxylic acids is 1. The van der Waals surface area contributed by atoms with Crippen LogP contribution in [0.15, 0.2) is 48.8 Å². The van der Waals surface area contributed by atoms with E-state index in [1.807, 2.05) is 30.3 Å². The van der Waals surface area contributed by atoms with Gasteiger partial charge in [-0.1, -0.05) is 30.3 Å². The van der Waals surface area contributed by atoms with Crippen LogP contribution >= 0.6 is 0 Å². The van der Waals surface area contributed by atoms with Crippen LogP contribution < -0.4 is 5.73 Å². The first-order chi connectivity index (χ1) is 12.4. The van der Waals surface area contributed by atoms with Crippen LogP contribution in [0.2, 0.25) is 0 Å². The van der Waals surface area contributed by atoms with Crippen LogP contribution in [0.1, 0.15) is 10.5 Å². The lowest BCUT2D eigenvalue weighted by molar-refractivity contribution is -0.115. The molecule has 0 unspecified atom stereocenters. The van der Waals surface area contributed by atoms with Crippen LogP contribution in [0.5, 0.6) is 0 Å². The number of anilines is 1. The van der Waals surface area contributed by atoms with E-state index in [-0.39, 0.29) is 11.6 Å². The molecule has 0 radical (unpaired) electrons. The Balaban J connectivity index is 0.000000431. The van der Waals surface area contributed by atoms with Crippen molar-refractivity contribution in [2.75, 3.05) is 19.8 Å². The van der Waals surface area contributed by atoms with Crippen LogP contribution in [0, 0.1) is 0 Å². The van der Waals surface area contributed by atoms with Crippen LogP contribution in [0.4, 0.5) is 5.95 Å². The van der Waals surface area contributed by atoms with Gasteiger partial charge in [-0.2, -0.15) is 0 Å². The fourth-order valence-corrected chi connectivity index (χ4v) is 2.10. The Morgan fingerprint density at radius 2 is 1.88 bits per heavy atom. The zero-order valence-corrected chi connectivity index (χ0v) is 14.4. The van der Waals surface area contributed by atoms with Crippen LogP contribution in [0.3, 0.4) is 0 Å². The van der Waals surface area contributed by atoms with Gasteiger partial charge in [0, 0.05) is 37.6 Å². The molecule has 2 aromatic heterocycles. The molecule has 4 N–H and O–H groups in total. The number of rotatable bonds is 4. The van der Waals surface area contributed by atoms with Gasteiger partial charge in [0.1, 0.15) is 5.69 Å². The summed E-state index contributed by atoms with van der Waals surface area (Å²) in [5.74, 6) is -0.882. The number of aromatic amines is 1. The largest absolute Gasteiger partial charge is 0.477 e. The lowest BCUT2D eigenvalue weighted by atomic mass is 10.0. The molecule has 0 saturated heterocycles. The van der Waals surface area contributed by atoms with Crippen LogP contribution in [-0.2, 0) is 4.79 Å². The standard InChI is InChI=1S/C15H12N4O2.C3H7NO/c16-15-18-8-11(9-4-2-1-3-5-9)13(19-15)10-6-12(14(20)21)17-7-10;1-4(2)3-5/h1-8,17H,(H,20,21)(H2,16,18,19);3H,1-2H3. The number of hydrogen-bond donors (Lipinski definition) is 3. The molecule has 0 aliphatic rings. The highest BCUT2D eigenvalue weighted by atomic mass is 16.4. The highest BCUT2D eigenvalue weighted by molar-refractivity contribution is 5.89. The lowest BCUT2D eigenvalue weighted by Gasteiger charge is -2.07. The first-order valence-corrected chi connectivity index (χ1v) is 7.64. The van der Waals surface area contributed by atoms with Crippen LogP contribution in [-0.4, -0.2) is 51.4 Å². The smallest absolute Gasteiger partial charge is 0.352 e. The second-order valence-corrected chi connectivity index (χ2v) is 5.53. The van der Waals surface area contributed by atoms with Gasteiger partial charge in [0.05, 0.1) is 5.69 Å². The average molecular weight is 353 g/mol. The van der Waals surface area contributed by atoms with Gasteiger partial charge in [-0.3, -0.25) is 4.79 Å². The number of aromatic carboxylic acids is 1. The molecule has 26 heavy (non-hydrogen) atoms. The van der Waals surface area contributed by atoms with E-state index in [9.17, 15) is 9.59 Å². The summed E-state index contributed by atoms with van der Waals surface area (Å²) in [7, 11) is 3.38. The van der Waals surface area contributed by atoms with E-state index in [1.165, 1.54) is 11.0 Å². The van der Waals surface area contributed by atoms with Gasteiger partial charge in [-0.25, -0.2) is 14.8 Å². The Morgan fingerprint density at radius 1 is 1.23 bits per heavy atom. The Kier molecular flexibility index (Phi) is 6.05. The van der Waals surface area contributed by atoms with Gasteiger partial charge in [0.15, 0.2) is 0 Å². The second-order valence-electron chi connectivity index (χ2n) is 5.53. The normalized spacial score (nSPS) is 9.77. The molecule has 0 saturated carbocycles. The third kappa shape index (κ3) is 4.67. The van der Waals surface area contributed by atoms with Crippen LogP contribution in [0.25, 0.3) is 22.4 Å². The topological polar surface area (TPSA) is 125 Å². The average Bonchev–Trinajstić information content (AvgIpc) is 3.13. The molecule has 1 amide bonds. The van der Waals surface area contributed by atoms with Crippen molar-refractivity contribution < 1.29 is 14.7 Å². The molecular weight excluding hydrogens is 334 g/mol. The van der Waals surface area contributed by atoms with E-state index in [4.69, 9.17) is 10.8 Å². The number of carboxylic acid groups (broad SMARTS) is 1. The number of amides is 1. The number of carbonyl (C=O) groups is 2. The van der Waals surface area contributed by atoms with Crippen molar-refractivity contribution in [3.63, 3.8) is 0 Å². The maximum absolute atomic E-state index is 11.0. The van der Waals surface area contributed by atoms with Crippen molar-refractivity contribution in [2.24, 2.45) is 0 Å². The number of H-pyrrole nitrogens is 1. The molecule has 0 bridgehead atoms. The molecular formula is C18H19N5O3. The zero-order chi connectivity index (χ0) is 19.1. The number of benzene rings is 1. The Morgan fingerprint density at radius 3 is 2.42 bits per heavy atom. The number of nitrogens with two attached hydrogens (primary N) is 1. The summed E-state index contributed by atoms with van der Waals surface area (Å²) in [5.41, 5.74) is 8.74. The highest BCUT2D eigenvalue weighted by Crippen LogP contribution is 2.30. The van der Waals surface area contributed by atoms with E-state index in [1.54, 1.807) is 26.5 Å². The Bertz CT molecular complexity index is 891. The van der Waals surface area contributed by atoms with Gasteiger partial charge in [-0.15, -0.1) is 0 Å². The quantitative estimate of drug-likeness (QED) is 0.617. The molecule has 0 aliphatic carbocycles. The van der Waals surface area contributed by atoms with Gasteiger partial charge in [0.2, 0.25) is 12.4 Å². The Hall–Kier alpha value is -3.68. The molecule has 3 aromatic rings. The monoisotopic (exact) mass is 353 g/mol. The first-order valence-electron chi connectivity index (χ1n) is 7.64. The molecule has 0 aliphatic heterocycles. The number of nitrogens with zero attached hydrogens (tertiary/aromatic N) is 3.